The third-order valence-corrected chi connectivity index (χ3v) is 16.7. The van der Waals surface area contributed by atoms with Crippen LogP contribution < -0.4 is 11.5 Å². The van der Waals surface area contributed by atoms with E-state index in [0.29, 0.717) is 19.3 Å². The van der Waals surface area contributed by atoms with Crippen molar-refractivity contribution >= 4 is 11.9 Å². The number of carbonyl (C=O) groups is 2. The summed E-state index contributed by atoms with van der Waals surface area (Å²) in [6.45, 7) is 18.3. The predicted octanol–water partition coefficient (Wildman–Crippen LogP) is 5.34. The zero-order valence-corrected chi connectivity index (χ0v) is 32.7. The molecule has 6 N–H and O–H groups in total. The minimum atomic E-state index is -0.963. The number of hydrogen-bond donors (Lipinski definition) is 4. The molecule has 286 valence electrons. The summed E-state index contributed by atoms with van der Waals surface area (Å²) >= 11 is 0. The second-order valence-corrected chi connectivity index (χ2v) is 20.1. The lowest BCUT2D eigenvalue weighted by molar-refractivity contribution is -0.214. The Morgan fingerprint density at radius 2 is 1.57 bits per heavy atom. The van der Waals surface area contributed by atoms with E-state index in [2.05, 4.69) is 26.8 Å². The van der Waals surface area contributed by atoms with Crippen LogP contribution in [-0.2, 0) is 23.8 Å². The van der Waals surface area contributed by atoms with Gasteiger partial charge in [-0.05, 0) is 119 Å². The number of hydrogen-bond acceptors (Lipinski definition) is 9. The summed E-state index contributed by atoms with van der Waals surface area (Å²) in [5, 5.41) is 23.1. The fourth-order valence-electron chi connectivity index (χ4n) is 13.8. The standard InChI is InChI=1S/C41H66N3O7/c1-22(2)30(42)33(46)49-26-12-15-40-21-39(40)17-16-36(7)32(38(9)14-13-28(51-38)35(5,6)48)25(45)20-37(36,8)27(39)19-29(50-34(47)31(43)23(3)4)41(40)24(26)11-10-18-44-41/h22-32,45,48H,10-17,19-21,42-43H2,1-9H3/q+1/t24-,25-,26-,27?,28?,29-,30?,31?,32-,36+,37-,38+,39?,40?,41-/m0/s1. The average molecular weight is 713 g/mol. The van der Waals surface area contributed by atoms with Gasteiger partial charge < -0.3 is 35.9 Å². The molecular weight excluding hydrogens is 646 g/mol. The molecule has 2 aliphatic heterocycles. The van der Waals surface area contributed by atoms with Gasteiger partial charge in [-0.2, -0.15) is 0 Å². The molecule has 7 aliphatic rings. The van der Waals surface area contributed by atoms with E-state index in [1.54, 1.807) is 0 Å². The van der Waals surface area contributed by atoms with Crippen LogP contribution in [0.5, 0.6) is 0 Å². The van der Waals surface area contributed by atoms with Crippen LogP contribution in [0.3, 0.4) is 0 Å². The van der Waals surface area contributed by atoms with Crippen molar-refractivity contribution in [3.05, 3.63) is 4.85 Å². The van der Waals surface area contributed by atoms with Gasteiger partial charge >= 0.3 is 17.5 Å². The zero-order valence-electron chi connectivity index (χ0n) is 32.7. The van der Waals surface area contributed by atoms with Gasteiger partial charge in [0.25, 0.3) is 6.07 Å². The molecule has 0 bridgehead atoms. The number of nitrogens with zero attached hydrogens (tertiary/aromatic N) is 1. The Kier molecular flexibility index (Phi) is 8.73. The summed E-state index contributed by atoms with van der Waals surface area (Å²) in [7, 11) is 0. The van der Waals surface area contributed by atoms with Crippen LogP contribution in [0.2, 0.25) is 0 Å². The molecule has 5 aliphatic carbocycles. The molecule has 10 heteroatoms. The van der Waals surface area contributed by atoms with Crippen molar-refractivity contribution in [3.63, 3.8) is 0 Å². The van der Waals surface area contributed by atoms with Crippen LogP contribution >= 0.6 is 0 Å². The molecule has 51 heavy (non-hydrogen) atoms. The Bertz CT molecular complexity index is 1500. The molecule has 0 aromatic carbocycles. The molecule has 6 fully saturated rings. The van der Waals surface area contributed by atoms with Gasteiger partial charge in [-0.1, -0.05) is 46.4 Å². The van der Waals surface area contributed by atoms with Gasteiger partial charge in [0.05, 0.1) is 41.2 Å². The molecule has 0 radical (unpaired) electrons. The highest BCUT2D eigenvalue weighted by molar-refractivity contribution is 5.77. The maximum atomic E-state index is 13.9. The van der Waals surface area contributed by atoms with Crippen molar-refractivity contribution in [2.45, 2.75) is 186 Å². The highest BCUT2D eigenvalue weighted by atomic mass is 16.6. The van der Waals surface area contributed by atoms with Gasteiger partial charge in [0, 0.05) is 5.92 Å². The molecule has 10 nitrogen and oxygen atoms in total. The van der Waals surface area contributed by atoms with Gasteiger partial charge in [-0.25, -0.2) is 0 Å². The van der Waals surface area contributed by atoms with Crippen LogP contribution in [0, 0.1) is 57.3 Å². The molecule has 1 saturated heterocycles. The van der Waals surface area contributed by atoms with Crippen LogP contribution in [0.1, 0.15) is 133 Å². The summed E-state index contributed by atoms with van der Waals surface area (Å²) in [4.78, 5) is 32.6. The second-order valence-electron chi connectivity index (χ2n) is 20.1. The molecule has 0 aromatic rings. The topological polar surface area (TPSA) is 159 Å². The average Bonchev–Trinajstić information content (AvgIpc) is 3.44. The first-order valence-corrected chi connectivity index (χ1v) is 20.1. The van der Waals surface area contributed by atoms with Gasteiger partial charge in [0.1, 0.15) is 18.2 Å². The van der Waals surface area contributed by atoms with E-state index in [-0.39, 0.29) is 69.4 Å². The van der Waals surface area contributed by atoms with Crippen molar-refractivity contribution in [1.82, 2.24) is 0 Å². The number of nitrogens with two attached hydrogens (primary N) is 2. The van der Waals surface area contributed by atoms with Gasteiger partial charge in [0.15, 0.2) is 6.10 Å². The van der Waals surface area contributed by atoms with E-state index >= 15 is 0 Å². The quantitative estimate of drug-likeness (QED) is 0.244. The number of aliphatic hydroxyl groups excluding tert-OH is 1. The van der Waals surface area contributed by atoms with Crippen molar-refractivity contribution in [3.8, 4) is 6.07 Å². The van der Waals surface area contributed by atoms with Gasteiger partial charge in [-0.15, -0.1) is 0 Å². The van der Waals surface area contributed by atoms with Crippen LogP contribution in [0.15, 0.2) is 0 Å². The first kappa shape index (κ1) is 37.5. The van der Waals surface area contributed by atoms with E-state index in [9.17, 15) is 19.8 Å². The summed E-state index contributed by atoms with van der Waals surface area (Å²) in [6.07, 6.45) is 6.89. The Morgan fingerprint density at radius 1 is 0.922 bits per heavy atom. The fourth-order valence-corrected chi connectivity index (χ4v) is 13.8. The number of esters is 2. The Hall–Kier alpha value is -1.77. The molecule has 2 heterocycles. The van der Waals surface area contributed by atoms with Crippen LogP contribution in [0.25, 0.3) is 4.85 Å². The predicted molar refractivity (Wildman–Crippen MR) is 193 cm³/mol. The van der Waals surface area contributed by atoms with Crippen LogP contribution in [0.4, 0.5) is 0 Å². The zero-order chi connectivity index (χ0) is 37.3. The Balaban J connectivity index is 1.29. The van der Waals surface area contributed by atoms with Crippen molar-refractivity contribution in [2.24, 2.45) is 62.7 Å². The monoisotopic (exact) mass is 712 g/mol. The molecular formula is C41H66N3O7+. The molecule has 0 aromatic heterocycles. The Labute approximate surface area is 305 Å². The van der Waals surface area contributed by atoms with E-state index < -0.39 is 47.0 Å². The minimum absolute atomic E-state index is 0.0455. The lowest BCUT2D eigenvalue weighted by Crippen LogP contribution is -2.69. The van der Waals surface area contributed by atoms with Gasteiger partial charge in [0.2, 0.25) is 0 Å². The SMILES string of the molecule is CC(C)C(N)C(=O)O[C@H]1CCC23CC24CC[C@]2(C)[C@@H]([C@@]5(C)CCC(C(C)(C)O)O5)[C@@H](O)C[C@@]2(C)C4C[C@H](OC(=O)C(N)C(C)C)[C@]32[N+]#CCC[C@@H]12. The third kappa shape index (κ3) is 4.96. The molecule has 6 unspecified atom stereocenters. The largest absolute Gasteiger partial charge is 0.461 e. The van der Waals surface area contributed by atoms with Crippen molar-refractivity contribution in [1.29, 1.82) is 0 Å². The number of carbonyl (C=O) groups excluding carboxylic acids is 2. The number of rotatable bonds is 8. The van der Waals surface area contributed by atoms with E-state index in [4.69, 9.17) is 30.5 Å². The Morgan fingerprint density at radius 3 is 2.18 bits per heavy atom. The number of fused-ring (bicyclic) bond motifs is 2. The third-order valence-electron chi connectivity index (χ3n) is 16.7. The highest BCUT2D eigenvalue weighted by Gasteiger charge is 2.94. The van der Waals surface area contributed by atoms with E-state index in [1.807, 2.05) is 41.5 Å². The second kappa shape index (κ2) is 11.9. The molecule has 5 saturated carbocycles. The van der Waals surface area contributed by atoms with Crippen LogP contribution in [-0.4, -0.2) is 75.4 Å². The number of aliphatic hydroxyl groups is 2. The lowest BCUT2D eigenvalue weighted by atomic mass is 9.40. The molecule has 0 amide bonds. The molecule has 3 spiro atoms. The van der Waals surface area contributed by atoms with E-state index in [1.165, 1.54) is 0 Å². The summed E-state index contributed by atoms with van der Waals surface area (Å²) < 4.78 is 19.8. The first-order valence-electron chi connectivity index (χ1n) is 20.1. The summed E-state index contributed by atoms with van der Waals surface area (Å²) in [5.74, 6) is -0.993. The first-order chi connectivity index (χ1) is 23.6. The summed E-state index contributed by atoms with van der Waals surface area (Å²) in [5.41, 5.74) is 9.65. The van der Waals surface area contributed by atoms with E-state index in [0.717, 1.165) is 51.4 Å². The normalized spacial score (nSPS) is 49.4. The number of ether oxygens (including phenoxy) is 3. The lowest BCUT2D eigenvalue weighted by Gasteiger charge is -2.63. The smallest absolute Gasteiger partial charge is 0.329 e. The minimum Gasteiger partial charge on any atom is -0.461 e. The van der Waals surface area contributed by atoms with Crippen molar-refractivity contribution < 1.29 is 34.0 Å². The molecule has 7 rings (SSSR count). The maximum absolute atomic E-state index is 13.9. The van der Waals surface area contributed by atoms with Crippen molar-refractivity contribution in [2.75, 3.05) is 0 Å². The fraction of sp³-hybridized carbons (Fsp3) is 0.927. The van der Waals surface area contributed by atoms with Gasteiger partial charge in [-0.3, -0.25) is 9.59 Å². The highest BCUT2D eigenvalue weighted by Crippen LogP contribution is 2.90. The summed E-state index contributed by atoms with van der Waals surface area (Å²) in [6, 6.07) is 1.90. The molecule has 15 atom stereocenters. The maximum Gasteiger partial charge on any atom is 0.329 e.